The second-order valence-electron chi connectivity index (χ2n) is 5.03. The highest BCUT2D eigenvalue weighted by Gasteiger charge is 2.54. The highest BCUT2D eigenvalue weighted by molar-refractivity contribution is 5.79. The summed E-state index contributed by atoms with van der Waals surface area (Å²) in [5.41, 5.74) is 0.361. The third-order valence-corrected chi connectivity index (χ3v) is 3.98. The molecule has 0 aromatic rings. The molecule has 1 aliphatic carbocycles. The summed E-state index contributed by atoms with van der Waals surface area (Å²) in [6.45, 7) is 5.36. The van der Waals surface area contributed by atoms with Crippen LogP contribution >= 0.6 is 0 Å². The Hall–Kier alpha value is -0.570. The lowest BCUT2D eigenvalue weighted by Crippen LogP contribution is -2.31. The SMILES string of the molecule is CCC1(C)CC1N1CC(CO)CC1=O. The van der Waals surface area contributed by atoms with Gasteiger partial charge in [0.1, 0.15) is 0 Å². The molecule has 2 fully saturated rings. The molecule has 14 heavy (non-hydrogen) atoms. The van der Waals surface area contributed by atoms with Crippen molar-refractivity contribution in [1.29, 1.82) is 0 Å². The van der Waals surface area contributed by atoms with Crippen molar-refractivity contribution in [3.63, 3.8) is 0 Å². The molecule has 0 aromatic heterocycles. The standard InChI is InChI=1S/C11H19NO2/c1-3-11(2)5-9(11)12-6-8(7-13)4-10(12)14/h8-9,13H,3-7H2,1-2H3. The molecule has 1 saturated carbocycles. The lowest BCUT2D eigenvalue weighted by atomic mass is 10.1. The number of carbonyl (C=O) groups is 1. The zero-order valence-electron chi connectivity index (χ0n) is 8.99. The first-order valence-electron chi connectivity index (χ1n) is 5.51. The number of amides is 1. The third-order valence-electron chi connectivity index (χ3n) is 3.98. The van der Waals surface area contributed by atoms with Crippen LogP contribution in [0.25, 0.3) is 0 Å². The van der Waals surface area contributed by atoms with Gasteiger partial charge in [-0.25, -0.2) is 0 Å². The molecule has 1 aliphatic heterocycles. The first-order valence-corrected chi connectivity index (χ1v) is 5.51. The van der Waals surface area contributed by atoms with Crippen LogP contribution in [0.15, 0.2) is 0 Å². The lowest BCUT2D eigenvalue weighted by Gasteiger charge is -2.19. The van der Waals surface area contributed by atoms with Crippen molar-refractivity contribution in [2.45, 2.75) is 39.2 Å². The minimum Gasteiger partial charge on any atom is -0.396 e. The fraction of sp³-hybridized carbons (Fsp3) is 0.909. The van der Waals surface area contributed by atoms with Crippen LogP contribution in [0.4, 0.5) is 0 Å². The molecule has 80 valence electrons. The third kappa shape index (κ3) is 1.44. The average Bonchev–Trinajstić information content (AvgIpc) is 2.70. The van der Waals surface area contributed by atoms with E-state index in [0.717, 1.165) is 19.4 Å². The van der Waals surface area contributed by atoms with E-state index in [1.165, 1.54) is 0 Å². The van der Waals surface area contributed by atoms with Gasteiger partial charge in [0, 0.05) is 31.5 Å². The molecule has 1 heterocycles. The maximum Gasteiger partial charge on any atom is 0.223 e. The number of likely N-dealkylation sites (tertiary alicyclic amines) is 1. The van der Waals surface area contributed by atoms with Crippen molar-refractivity contribution in [2.75, 3.05) is 13.2 Å². The lowest BCUT2D eigenvalue weighted by molar-refractivity contribution is -0.128. The van der Waals surface area contributed by atoms with Crippen LogP contribution in [-0.2, 0) is 4.79 Å². The van der Waals surface area contributed by atoms with Crippen molar-refractivity contribution in [3.8, 4) is 0 Å². The zero-order valence-corrected chi connectivity index (χ0v) is 8.99. The fourth-order valence-corrected chi connectivity index (χ4v) is 2.48. The molecule has 2 rings (SSSR count). The Kier molecular flexibility index (Phi) is 2.30. The minimum atomic E-state index is 0.151. The Balaban J connectivity index is 1.98. The molecule has 3 nitrogen and oxygen atoms in total. The van der Waals surface area contributed by atoms with Crippen LogP contribution in [-0.4, -0.2) is 35.1 Å². The Bertz CT molecular complexity index is 254. The molecule has 0 bridgehead atoms. The Morgan fingerprint density at radius 2 is 2.36 bits per heavy atom. The first kappa shape index (κ1) is 9.97. The number of aliphatic hydroxyl groups excluding tert-OH is 1. The molecule has 0 aromatic carbocycles. The molecule has 3 heteroatoms. The van der Waals surface area contributed by atoms with E-state index in [4.69, 9.17) is 5.11 Å². The molecule has 2 aliphatic rings. The Labute approximate surface area is 85.1 Å². The van der Waals surface area contributed by atoms with Gasteiger partial charge < -0.3 is 10.0 Å². The number of hydrogen-bond acceptors (Lipinski definition) is 2. The van der Waals surface area contributed by atoms with E-state index < -0.39 is 0 Å². The van der Waals surface area contributed by atoms with E-state index in [2.05, 4.69) is 13.8 Å². The van der Waals surface area contributed by atoms with Crippen molar-refractivity contribution in [3.05, 3.63) is 0 Å². The maximum atomic E-state index is 11.6. The van der Waals surface area contributed by atoms with Gasteiger partial charge in [-0.2, -0.15) is 0 Å². The van der Waals surface area contributed by atoms with Crippen LogP contribution in [0.1, 0.15) is 33.1 Å². The highest BCUT2D eigenvalue weighted by Crippen LogP contribution is 2.52. The van der Waals surface area contributed by atoms with Crippen molar-refractivity contribution >= 4 is 5.91 Å². The van der Waals surface area contributed by atoms with Crippen LogP contribution in [0.3, 0.4) is 0 Å². The highest BCUT2D eigenvalue weighted by atomic mass is 16.3. The van der Waals surface area contributed by atoms with Gasteiger partial charge in [-0.3, -0.25) is 4.79 Å². The van der Waals surface area contributed by atoms with E-state index in [-0.39, 0.29) is 18.4 Å². The van der Waals surface area contributed by atoms with Crippen molar-refractivity contribution in [1.82, 2.24) is 4.90 Å². The van der Waals surface area contributed by atoms with Crippen LogP contribution in [0.5, 0.6) is 0 Å². The summed E-state index contributed by atoms with van der Waals surface area (Å²) in [7, 11) is 0. The van der Waals surface area contributed by atoms with Crippen LogP contribution < -0.4 is 0 Å². The van der Waals surface area contributed by atoms with Gasteiger partial charge in [0.05, 0.1) is 0 Å². The number of hydrogen-bond donors (Lipinski definition) is 1. The fourth-order valence-electron chi connectivity index (χ4n) is 2.48. The quantitative estimate of drug-likeness (QED) is 0.733. The predicted octanol–water partition coefficient (Wildman–Crippen LogP) is 1.02. The van der Waals surface area contributed by atoms with Crippen molar-refractivity contribution in [2.24, 2.45) is 11.3 Å². The molecule has 0 spiro atoms. The Morgan fingerprint density at radius 3 is 2.79 bits per heavy atom. The molecule has 3 atom stereocenters. The number of rotatable bonds is 3. The molecule has 1 amide bonds. The largest absolute Gasteiger partial charge is 0.396 e. The normalized spacial score (nSPS) is 41.9. The molecule has 1 N–H and O–H groups in total. The van der Waals surface area contributed by atoms with Gasteiger partial charge in [0.15, 0.2) is 0 Å². The smallest absolute Gasteiger partial charge is 0.223 e. The Morgan fingerprint density at radius 1 is 1.64 bits per heavy atom. The number of carbonyl (C=O) groups excluding carboxylic acids is 1. The second kappa shape index (κ2) is 3.23. The number of aliphatic hydroxyl groups is 1. The van der Waals surface area contributed by atoms with E-state index in [1.807, 2.05) is 4.90 Å². The van der Waals surface area contributed by atoms with Gasteiger partial charge in [0.25, 0.3) is 0 Å². The summed E-state index contributed by atoms with van der Waals surface area (Å²) in [5.74, 6) is 0.426. The molecule has 3 unspecified atom stereocenters. The second-order valence-corrected chi connectivity index (χ2v) is 5.03. The van der Waals surface area contributed by atoms with Crippen LogP contribution in [0, 0.1) is 11.3 Å². The summed E-state index contributed by atoms with van der Waals surface area (Å²) in [5, 5.41) is 9.01. The van der Waals surface area contributed by atoms with Gasteiger partial charge >= 0.3 is 0 Å². The molecule has 0 radical (unpaired) electrons. The van der Waals surface area contributed by atoms with E-state index in [1.54, 1.807) is 0 Å². The van der Waals surface area contributed by atoms with E-state index >= 15 is 0 Å². The zero-order chi connectivity index (χ0) is 10.3. The minimum absolute atomic E-state index is 0.151. The summed E-state index contributed by atoms with van der Waals surface area (Å²) in [6, 6.07) is 0.455. The predicted molar refractivity (Wildman–Crippen MR) is 53.7 cm³/mol. The average molecular weight is 197 g/mol. The number of nitrogens with zero attached hydrogens (tertiary/aromatic N) is 1. The van der Waals surface area contributed by atoms with E-state index in [9.17, 15) is 4.79 Å². The monoisotopic (exact) mass is 197 g/mol. The summed E-state index contributed by atoms with van der Waals surface area (Å²) in [4.78, 5) is 13.6. The molecule has 1 saturated heterocycles. The van der Waals surface area contributed by atoms with Crippen LogP contribution in [0.2, 0.25) is 0 Å². The van der Waals surface area contributed by atoms with E-state index in [0.29, 0.717) is 17.9 Å². The van der Waals surface area contributed by atoms with Gasteiger partial charge in [-0.05, 0) is 18.3 Å². The summed E-state index contributed by atoms with van der Waals surface area (Å²) < 4.78 is 0. The molecular weight excluding hydrogens is 178 g/mol. The van der Waals surface area contributed by atoms with Gasteiger partial charge in [-0.15, -0.1) is 0 Å². The molecular formula is C11H19NO2. The van der Waals surface area contributed by atoms with Gasteiger partial charge in [-0.1, -0.05) is 13.8 Å². The summed E-state index contributed by atoms with van der Waals surface area (Å²) in [6.07, 6.45) is 2.84. The first-order chi connectivity index (χ1) is 6.60. The maximum absolute atomic E-state index is 11.6. The topological polar surface area (TPSA) is 40.5 Å². The van der Waals surface area contributed by atoms with Gasteiger partial charge in [0.2, 0.25) is 5.91 Å². The summed E-state index contributed by atoms with van der Waals surface area (Å²) >= 11 is 0. The van der Waals surface area contributed by atoms with Crippen molar-refractivity contribution < 1.29 is 9.90 Å².